The summed E-state index contributed by atoms with van der Waals surface area (Å²) in [5, 5.41) is 24.9. The Labute approximate surface area is 228 Å². The molecule has 23 heteroatoms. The monoisotopic (exact) mass is 649 g/mol. The first-order valence-electron chi connectivity index (χ1n) is 11.0. The molecule has 0 aromatic heterocycles. The highest BCUT2D eigenvalue weighted by Crippen LogP contribution is 2.61. The predicted octanol–water partition coefficient (Wildman–Crippen LogP) is -2.30. The smallest absolute Gasteiger partial charge is 0.386 e. The van der Waals surface area contributed by atoms with Crippen LogP contribution in [0.2, 0.25) is 0 Å². The van der Waals surface area contributed by atoms with Crippen LogP contribution < -0.4 is 16.4 Å². The molecule has 1 saturated heterocycles. The fraction of sp³-hybridized carbons (Fsp3) is 0.875. The van der Waals surface area contributed by atoms with Crippen molar-refractivity contribution in [2.45, 2.75) is 50.9 Å². The van der Waals surface area contributed by atoms with Gasteiger partial charge in [0.15, 0.2) is 0 Å². The van der Waals surface area contributed by atoms with Gasteiger partial charge in [-0.25, -0.2) is 13.7 Å². The lowest BCUT2D eigenvalue weighted by atomic mass is 9.87. The van der Waals surface area contributed by atoms with Gasteiger partial charge in [-0.15, -0.1) is 0 Å². The van der Waals surface area contributed by atoms with Crippen LogP contribution in [-0.2, 0) is 45.9 Å². The van der Waals surface area contributed by atoms with Crippen LogP contribution in [-0.4, -0.2) is 104 Å². The maximum atomic E-state index is 12.2. The molecule has 0 aromatic rings. The lowest BCUT2D eigenvalue weighted by Gasteiger charge is -2.30. The molecule has 39 heavy (non-hydrogen) atoms. The Bertz CT molecular complexity index is 982. The van der Waals surface area contributed by atoms with Crippen molar-refractivity contribution >= 4 is 47.9 Å². The van der Waals surface area contributed by atoms with Crippen molar-refractivity contribution in [3.8, 4) is 0 Å². The van der Waals surface area contributed by atoms with Gasteiger partial charge in [-0.1, -0.05) is 13.8 Å². The number of aliphatic hydroxyl groups excluding tert-OH is 2. The van der Waals surface area contributed by atoms with Gasteiger partial charge >= 0.3 is 23.5 Å². The van der Waals surface area contributed by atoms with Gasteiger partial charge in [-0.05, 0) is 0 Å². The van der Waals surface area contributed by atoms with Crippen LogP contribution in [0.5, 0.6) is 0 Å². The number of hydrogen-bond acceptors (Lipinski definition) is 14. The van der Waals surface area contributed by atoms with E-state index in [2.05, 4.69) is 41.1 Å². The fourth-order valence-corrected chi connectivity index (χ4v) is 5.84. The summed E-state index contributed by atoms with van der Waals surface area (Å²) >= 11 is 3.93. The van der Waals surface area contributed by atoms with Crippen molar-refractivity contribution < 1.29 is 75.7 Å². The van der Waals surface area contributed by atoms with Gasteiger partial charge in [-0.2, -0.15) is 16.9 Å². The topological polar surface area (TPSA) is 303 Å². The van der Waals surface area contributed by atoms with E-state index in [1.54, 1.807) is 0 Å². The van der Waals surface area contributed by atoms with E-state index < -0.39 is 78.6 Å². The summed E-state index contributed by atoms with van der Waals surface area (Å²) in [5.74, 6) is -0.873. The molecule has 0 saturated carbocycles. The second-order valence-electron chi connectivity index (χ2n) is 8.78. The zero-order chi connectivity index (χ0) is 30.2. The van der Waals surface area contributed by atoms with Crippen molar-refractivity contribution in [2.24, 2.45) is 11.1 Å². The third-order valence-electron chi connectivity index (χ3n) is 4.91. The van der Waals surface area contributed by atoms with E-state index in [4.69, 9.17) is 20.3 Å². The number of hydrogen-bond donors (Lipinski definition) is 10. The molecule has 7 atom stereocenters. The van der Waals surface area contributed by atoms with E-state index in [1.807, 2.05) is 0 Å². The zero-order valence-corrected chi connectivity index (χ0v) is 24.3. The molecule has 1 aliphatic rings. The number of phosphoric ester groups is 3. The summed E-state index contributed by atoms with van der Waals surface area (Å²) in [5.41, 5.74) is 3.86. The zero-order valence-electron chi connectivity index (χ0n) is 20.8. The van der Waals surface area contributed by atoms with Crippen LogP contribution in [0.25, 0.3) is 0 Å². The second-order valence-corrected chi connectivity index (χ2v) is 13.5. The van der Waals surface area contributed by atoms with Gasteiger partial charge in [0.2, 0.25) is 11.8 Å². The Morgan fingerprint density at radius 2 is 1.67 bits per heavy atom. The fourth-order valence-electron chi connectivity index (χ4n) is 2.90. The molecule has 0 radical (unpaired) electrons. The summed E-state index contributed by atoms with van der Waals surface area (Å²) in [4.78, 5) is 61.2. The standard InChI is InChI=1S/C16H34N3O16P3S/c1-16(2,13(22)15(23)19-4-3-10(20)18-5-6-39)8-32-38(29,30)35-37(27,28)31-7-9-12(34-36(24,25)26)11(21)14(17)33-9/h9,11-14,21-22,39H,3-8,17H2,1-2H3,(H,18,20)(H,19,23)(H,27,28)(H,29,30)(H2,24,25,26)/t9-,11-,12-,13+,14-/m1/s1. The summed E-state index contributed by atoms with van der Waals surface area (Å²) in [6.45, 7) is 0.848. The van der Waals surface area contributed by atoms with E-state index in [1.165, 1.54) is 13.8 Å². The lowest BCUT2D eigenvalue weighted by molar-refractivity contribution is -0.137. The number of carbonyl (C=O) groups is 2. The highest BCUT2D eigenvalue weighted by molar-refractivity contribution is 7.80. The van der Waals surface area contributed by atoms with Gasteiger partial charge in [0.1, 0.15) is 30.6 Å². The number of nitrogens with two attached hydrogens (primary N) is 1. The Morgan fingerprint density at radius 3 is 2.23 bits per heavy atom. The van der Waals surface area contributed by atoms with Crippen LogP contribution >= 0.6 is 36.1 Å². The van der Waals surface area contributed by atoms with Gasteiger partial charge < -0.3 is 50.9 Å². The Morgan fingerprint density at radius 1 is 1.08 bits per heavy atom. The summed E-state index contributed by atoms with van der Waals surface area (Å²) < 4.78 is 58.0. The summed E-state index contributed by atoms with van der Waals surface area (Å²) in [6.07, 6.45) is -8.57. The normalized spacial score (nSPS) is 25.9. The Balaban J connectivity index is 2.63. The summed E-state index contributed by atoms with van der Waals surface area (Å²) in [6, 6.07) is 0. The number of thiol groups is 1. The SMILES string of the molecule is CC(C)(COP(=O)(O)OP(=O)(O)OC[C@H]1O[C@@H](N)[C@H](O)[C@@H]1OP(=O)(O)O)[C@@H](O)C(=O)NCCC(=O)NCCS. The molecular formula is C16H34N3O16P3S. The molecule has 2 unspecified atom stereocenters. The molecule has 1 aliphatic heterocycles. The van der Waals surface area contributed by atoms with Gasteiger partial charge in [0, 0.05) is 30.7 Å². The second kappa shape index (κ2) is 15.1. The molecular weight excluding hydrogens is 615 g/mol. The average molecular weight is 649 g/mol. The molecule has 1 fully saturated rings. The van der Waals surface area contributed by atoms with Gasteiger partial charge in [0.25, 0.3) is 0 Å². The number of aliphatic hydroxyl groups is 2. The molecule has 2 amide bonds. The Kier molecular flexibility index (Phi) is 14.2. The van der Waals surface area contributed by atoms with E-state index in [9.17, 15) is 43.3 Å². The number of amides is 2. The van der Waals surface area contributed by atoms with Gasteiger partial charge in [-0.3, -0.25) is 23.2 Å². The number of phosphoric acid groups is 3. The third kappa shape index (κ3) is 13.3. The molecule has 0 aromatic carbocycles. The molecule has 230 valence electrons. The molecule has 0 aliphatic carbocycles. The molecule has 10 N–H and O–H groups in total. The highest BCUT2D eigenvalue weighted by atomic mass is 32.1. The minimum atomic E-state index is -5.42. The van der Waals surface area contributed by atoms with Crippen LogP contribution in [0.15, 0.2) is 0 Å². The average Bonchev–Trinajstić information content (AvgIpc) is 3.05. The van der Waals surface area contributed by atoms with Crippen LogP contribution in [0.3, 0.4) is 0 Å². The minimum Gasteiger partial charge on any atom is -0.386 e. The first-order chi connectivity index (χ1) is 17.7. The molecule has 0 bridgehead atoms. The van der Waals surface area contributed by atoms with Crippen LogP contribution in [0.1, 0.15) is 20.3 Å². The maximum Gasteiger partial charge on any atom is 0.481 e. The third-order valence-corrected chi connectivity index (χ3v) is 8.24. The first kappa shape index (κ1) is 36.5. The van der Waals surface area contributed by atoms with Crippen molar-refractivity contribution in [1.29, 1.82) is 0 Å². The van der Waals surface area contributed by atoms with Crippen molar-refractivity contribution in [1.82, 2.24) is 10.6 Å². The largest absolute Gasteiger partial charge is 0.481 e. The highest BCUT2D eigenvalue weighted by Gasteiger charge is 2.48. The van der Waals surface area contributed by atoms with E-state index >= 15 is 0 Å². The molecule has 1 rings (SSSR count). The molecule has 19 nitrogen and oxygen atoms in total. The van der Waals surface area contributed by atoms with Crippen molar-refractivity contribution in [3.05, 3.63) is 0 Å². The predicted molar refractivity (Wildman–Crippen MR) is 133 cm³/mol. The molecule has 0 spiro atoms. The van der Waals surface area contributed by atoms with E-state index in [0.717, 1.165) is 0 Å². The van der Waals surface area contributed by atoms with E-state index in [0.29, 0.717) is 12.3 Å². The maximum absolute atomic E-state index is 12.2. The molecule has 1 heterocycles. The first-order valence-corrected chi connectivity index (χ1v) is 16.2. The summed E-state index contributed by atoms with van der Waals surface area (Å²) in [7, 11) is -15.9. The van der Waals surface area contributed by atoms with Gasteiger partial charge in [0.05, 0.1) is 13.2 Å². The van der Waals surface area contributed by atoms with Crippen molar-refractivity contribution in [3.63, 3.8) is 0 Å². The van der Waals surface area contributed by atoms with E-state index in [-0.39, 0.29) is 18.9 Å². The number of nitrogens with one attached hydrogen (secondary N) is 2. The number of ether oxygens (including phenoxy) is 1. The van der Waals surface area contributed by atoms with Crippen LogP contribution in [0, 0.1) is 5.41 Å². The van der Waals surface area contributed by atoms with Crippen molar-refractivity contribution in [2.75, 3.05) is 32.1 Å². The Hall–Kier alpha value is -0.500. The minimum absolute atomic E-state index is 0.0857. The lowest BCUT2D eigenvalue weighted by Crippen LogP contribution is -2.46. The van der Waals surface area contributed by atoms with Crippen LogP contribution in [0.4, 0.5) is 0 Å². The number of rotatable bonds is 17. The number of carbonyl (C=O) groups excluding carboxylic acids is 2. The quantitative estimate of drug-likeness (QED) is 0.0585.